The Hall–Kier alpha value is -1.11. The summed E-state index contributed by atoms with van der Waals surface area (Å²) in [5.41, 5.74) is 1.13. The van der Waals surface area contributed by atoms with Crippen LogP contribution in [0, 0.1) is 5.82 Å². The van der Waals surface area contributed by atoms with Crippen LogP contribution in [0.1, 0.15) is 15.9 Å². The summed E-state index contributed by atoms with van der Waals surface area (Å²) in [6, 6.07) is 4.61. The zero-order valence-electron chi connectivity index (χ0n) is 13.2. The zero-order chi connectivity index (χ0) is 15.9. The van der Waals surface area contributed by atoms with Crippen molar-refractivity contribution in [1.82, 2.24) is 9.80 Å². The van der Waals surface area contributed by atoms with E-state index >= 15 is 0 Å². The van der Waals surface area contributed by atoms with Crippen LogP contribution in [0.5, 0.6) is 0 Å². The third-order valence-electron chi connectivity index (χ3n) is 3.79. The fourth-order valence-electron chi connectivity index (χ4n) is 2.41. The molecule has 122 valence electrons. The Bertz CT molecular complexity index is 507. The van der Waals surface area contributed by atoms with Crippen molar-refractivity contribution < 1.29 is 13.9 Å². The minimum Gasteiger partial charge on any atom is -0.379 e. The number of morpholine rings is 1. The number of hydrogen-bond donors (Lipinski definition) is 0. The van der Waals surface area contributed by atoms with Gasteiger partial charge in [0.15, 0.2) is 0 Å². The van der Waals surface area contributed by atoms with E-state index < -0.39 is 0 Å². The average molecular weight is 326 g/mol. The lowest BCUT2D eigenvalue weighted by molar-refractivity contribution is 0.0338. The molecule has 0 atom stereocenters. The summed E-state index contributed by atoms with van der Waals surface area (Å²) in [7, 11) is 1.79. The molecule has 0 unspecified atom stereocenters. The molecule has 4 nitrogen and oxygen atoms in total. The van der Waals surface area contributed by atoms with Crippen LogP contribution >= 0.6 is 11.8 Å². The van der Waals surface area contributed by atoms with Gasteiger partial charge >= 0.3 is 0 Å². The summed E-state index contributed by atoms with van der Waals surface area (Å²) in [4.78, 5) is 16.4. The fraction of sp³-hybridized carbons (Fsp3) is 0.562. The number of hydrogen-bond acceptors (Lipinski definition) is 4. The lowest BCUT2D eigenvalue weighted by Gasteiger charge is -2.28. The maximum absolute atomic E-state index is 13.7. The number of halogens is 1. The summed E-state index contributed by atoms with van der Waals surface area (Å²) in [5, 5.41) is 0. The number of carbonyl (C=O) groups is 1. The molecule has 0 aliphatic carbocycles. The summed E-state index contributed by atoms with van der Waals surface area (Å²) < 4.78 is 19.0. The van der Waals surface area contributed by atoms with Crippen molar-refractivity contribution in [3.05, 3.63) is 35.1 Å². The highest BCUT2D eigenvalue weighted by molar-refractivity contribution is 7.97. The highest BCUT2D eigenvalue weighted by Gasteiger charge is 2.16. The third kappa shape index (κ3) is 4.69. The van der Waals surface area contributed by atoms with Crippen LogP contribution < -0.4 is 0 Å². The molecule has 0 saturated carbocycles. The van der Waals surface area contributed by atoms with Gasteiger partial charge in [0.1, 0.15) is 5.82 Å². The van der Waals surface area contributed by atoms with E-state index in [9.17, 15) is 9.18 Å². The van der Waals surface area contributed by atoms with Crippen molar-refractivity contribution in [2.24, 2.45) is 0 Å². The highest BCUT2D eigenvalue weighted by Crippen LogP contribution is 2.16. The number of likely N-dealkylation sites (N-methyl/N-ethyl adjacent to an activating group) is 1. The van der Waals surface area contributed by atoms with Gasteiger partial charge < -0.3 is 9.64 Å². The number of benzene rings is 1. The second-order valence-corrected chi connectivity index (χ2v) is 6.29. The van der Waals surface area contributed by atoms with Gasteiger partial charge in [-0.05, 0) is 30.0 Å². The minimum atomic E-state index is -0.248. The van der Waals surface area contributed by atoms with Gasteiger partial charge in [-0.3, -0.25) is 9.69 Å². The lowest BCUT2D eigenvalue weighted by atomic mass is 10.1. The van der Waals surface area contributed by atoms with Crippen LogP contribution in [0.25, 0.3) is 0 Å². The zero-order valence-corrected chi connectivity index (χ0v) is 14.0. The van der Waals surface area contributed by atoms with E-state index in [0.29, 0.717) is 23.4 Å². The summed E-state index contributed by atoms with van der Waals surface area (Å²) in [6.07, 6.45) is 1.92. The normalized spacial score (nSPS) is 15.8. The largest absolute Gasteiger partial charge is 0.379 e. The van der Waals surface area contributed by atoms with E-state index in [1.807, 2.05) is 6.26 Å². The molecule has 0 aromatic heterocycles. The first kappa shape index (κ1) is 17.2. The monoisotopic (exact) mass is 326 g/mol. The SMILES string of the molecule is CSCc1cc(C(=O)N(C)CCN2CCOCC2)ccc1F. The average Bonchev–Trinajstić information content (AvgIpc) is 2.55. The van der Waals surface area contributed by atoms with Gasteiger partial charge in [-0.2, -0.15) is 11.8 Å². The summed E-state index contributed by atoms with van der Waals surface area (Å²) in [5.74, 6) is 0.266. The second-order valence-electron chi connectivity index (χ2n) is 5.42. The molecule has 22 heavy (non-hydrogen) atoms. The van der Waals surface area contributed by atoms with Crippen molar-refractivity contribution >= 4 is 17.7 Å². The van der Waals surface area contributed by atoms with E-state index in [-0.39, 0.29) is 11.7 Å². The van der Waals surface area contributed by atoms with Gasteiger partial charge in [-0.25, -0.2) is 4.39 Å². The number of ether oxygens (including phenoxy) is 1. The van der Waals surface area contributed by atoms with Crippen LogP contribution in [0.2, 0.25) is 0 Å². The Morgan fingerprint density at radius 2 is 2.14 bits per heavy atom. The molecule has 0 radical (unpaired) electrons. The van der Waals surface area contributed by atoms with E-state index in [1.165, 1.54) is 6.07 Å². The number of amides is 1. The Morgan fingerprint density at radius 3 is 2.82 bits per heavy atom. The molecule has 0 bridgehead atoms. The van der Waals surface area contributed by atoms with E-state index in [1.54, 1.807) is 35.8 Å². The third-order valence-corrected chi connectivity index (χ3v) is 4.39. The van der Waals surface area contributed by atoms with Gasteiger partial charge in [0, 0.05) is 44.5 Å². The maximum atomic E-state index is 13.7. The molecule has 1 aliphatic heterocycles. The van der Waals surface area contributed by atoms with E-state index in [0.717, 1.165) is 32.8 Å². The maximum Gasteiger partial charge on any atom is 0.253 e. The highest BCUT2D eigenvalue weighted by atomic mass is 32.2. The van der Waals surface area contributed by atoms with E-state index in [4.69, 9.17) is 4.74 Å². The van der Waals surface area contributed by atoms with Gasteiger partial charge in [0.25, 0.3) is 5.91 Å². The minimum absolute atomic E-state index is 0.0596. The smallest absolute Gasteiger partial charge is 0.253 e. The second kappa shape index (κ2) is 8.50. The van der Waals surface area contributed by atoms with Crippen molar-refractivity contribution in [2.45, 2.75) is 5.75 Å². The molecule has 1 aromatic carbocycles. The molecular formula is C16H23FN2O2S. The van der Waals surface area contributed by atoms with Crippen LogP contribution in [-0.2, 0) is 10.5 Å². The van der Waals surface area contributed by atoms with Crippen molar-refractivity contribution in [3.63, 3.8) is 0 Å². The number of carbonyl (C=O) groups excluding carboxylic acids is 1. The standard InChI is InChI=1S/C16H23FN2O2S/c1-18(5-6-19-7-9-21-10-8-19)16(20)13-3-4-15(17)14(11-13)12-22-2/h3-4,11H,5-10,12H2,1-2H3. The van der Waals surface area contributed by atoms with Crippen LogP contribution in [0.3, 0.4) is 0 Å². The van der Waals surface area contributed by atoms with E-state index in [2.05, 4.69) is 4.90 Å². The molecule has 1 heterocycles. The van der Waals surface area contributed by atoms with Crippen molar-refractivity contribution in [2.75, 3.05) is 52.7 Å². The number of rotatable bonds is 6. The molecule has 1 fully saturated rings. The van der Waals surface area contributed by atoms with Gasteiger partial charge in [-0.1, -0.05) is 0 Å². The first-order valence-corrected chi connectivity index (χ1v) is 8.84. The molecule has 2 rings (SSSR count). The molecule has 1 amide bonds. The predicted molar refractivity (Wildman–Crippen MR) is 87.8 cm³/mol. The lowest BCUT2D eigenvalue weighted by Crippen LogP contribution is -2.41. The van der Waals surface area contributed by atoms with Gasteiger partial charge in [0.05, 0.1) is 13.2 Å². The molecule has 0 spiro atoms. The Kier molecular flexibility index (Phi) is 6.67. The van der Waals surface area contributed by atoms with Gasteiger partial charge in [-0.15, -0.1) is 0 Å². The molecule has 0 N–H and O–H groups in total. The van der Waals surface area contributed by atoms with Crippen LogP contribution in [-0.4, -0.2) is 68.4 Å². The Morgan fingerprint density at radius 1 is 1.41 bits per heavy atom. The van der Waals surface area contributed by atoms with Crippen LogP contribution in [0.15, 0.2) is 18.2 Å². The van der Waals surface area contributed by atoms with Crippen molar-refractivity contribution in [1.29, 1.82) is 0 Å². The fourth-order valence-corrected chi connectivity index (χ4v) is 2.94. The van der Waals surface area contributed by atoms with Gasteiger partial charge in [0.2, 0.25) is 0 Å². The Labute approximate surface area is 135 Å². The summed E-state index contributed by atoms with van der Waals surface area (Å²) in [6.45, 7) is 4.84. The predicted octanol–water partition coefficient (Wildman–Crippen LogP) is 2.09. The molecule has 1 aromatic rings. The molecule has 6 heteroatoms. The number of thioether (sulfide) groups is 1. The summed E-state index contributed by atoms with van der Waals surface area (Å²) >= 11 is 1.54. The molecular weight excluding hydrogens is 303 g/mol. The number of nitrogens with zero attached hydrogens (tertiary/aromatic N) is 2. The molecule has 1 aliphatic rings. The topological polar surface area (TPSA) is 32.8 Å². The first-order chi connectivity index (χ1) is 10.6. The Balaban J connectivity index is 1.93. The van der Waals surface area contributed by atoms with Crippen molar-refractivity contribution in [3.8, 4) is 0 Å². The van der Waals surface area contributed by atoms with Crippen LogP contribution in [0.4, 0.5) is 4.39 Å². The first-order valence-electron chi connectivity index (χ1n) is 7.44. The quantitative estimate of drug-likeness (QED) is 0.801. The molecule has 1 saturated heterocycles.